The van der Waals surface area contributed by atoms with Gasteiger partial charge in [0, 0.05) is 31.3 Å². The largest absolute Gasteiger partial charge is 0.311 e. The normalized spacial score (nSPS) is 14.2. The minimum Gasteiger partial charge on any atom is -0.311 e. The molecule has 0 aliphatic carbocycles. The highest BCUT2D eigenvalue weighted by atomic mass is 16.2. The number of nitrogens with zero attached hydrogens (tertiary/aromatic N) is 3. The number of hydrogen-bond donors (Lipinski definition) is 0. The van der Waals surface area contributed by atoms with Crippen molar-refractivity contribution in [1.82, 2.24) is 9.55 Å². The van der Waals surface area contributed by atoms with Crippen molar-refractivity contribution >= 4 is 22.5 Å². The molecule has 5 heteroatoms. The highest BCUT2D eigenvalue weighted by molar-refractivity contribution is 6.07. The van der Waals surface area contributed by atoms with Crippen molar-refractivity contribution in [1.29, 1.82) is 0 Å². The van der Waals surface area contributed by atoms with E-state index in [0.29, 0.717) is 16.5 Å². The van der Waals surface area contributed by atoms with Crippen LogP contribution < -0.4 is 10.5 Å². The molecule has 0 spiro atoms. The monoisotopic (exact) mass is 389 g/mol. The molecule has 0 atom stereocenters. The first kappa shape index (κ1) is 19.4. The third-order valence-corrected chi connectivity index (χ3v) is 5.83. The molecule has 1 amide bonds. The summed E-state index contributed by atoms with van der Waals surface area (Å²) in [5, 5.41) is 0.583. The first-order chi connectivity index (χ1) is 14.0. The Kier molecular flexibility index (Phi) is 5.22. The molecular formula is C24H27N3O2. The van der Waals surface area contributed by atoms with Gasteiger partial charge in [0.25, 0.3) is 11.5 Å². The molecular weight excluding hydrogens is 362 g/mol. The van der Waals surface area contributed by atoms with Crippen molar-refractivity contribution < 1.29 is 4.79 Å². The lowest BCUT2D eigenvalue weighted by molar-refractivity contribution is 0.0993. The lowest BCUT2D eigenvalue weighted by Crippen LogP contribution is -2.28. The van der Waals surface area contributed by atoms with Gasteiger partial charge in [-0.1, -0.05) is 30.5 Å². The fourth-order valence-electron chi connectivity index (χ4n) is 4.21. The zero-order chi connectivity index (χ0) is 20.5. The maximum absolute atomic E-state index is 13.1. The van der Waals surface area contributed by atoms with Crippen LogP contribution in [0.15, 0.2) is 41.2 Å². The maximum Gasteiger partial charge on any atom is 0.261 e. The topological polar surface area (TPSA) is 55.2 Å². The van der Waals surface area contributed by atoms with Crippen molar-refractivity contribution in [3.05, 3.63) is 69.3 Å². The van der Waals surface area contributed by atoms with Crippen molar-refractivity contribution in [3.63, 3.8) is 0 Å². The average molecular weight is 389 g/mol. The Hall–Kier alpha value is -2.95. The smallest absolute Gasteiger partial charge is 0.261 e. The van der Waals surface area contributed by atoms with Gasteiger partial charge in [-0.05, 0) is 56.5 Å². The van der Waals surface area contributed by atoms with Crippen molar-refractivity contribution in [2.75, 3.05) is 11.9 Å². The third kappa shape index (κ3) is 3.69. The van der Waals surface area contributed by atoms with E-state index >= 15 is 0 Å². The Morgan fingerprint density at radius 2 is 1.83 bits per heavy atom. The molecule has 0 radical (unpaired) electrons. The van der Waals surface area contributed by atoms with Gasteiger partial charge in [-0.15, -0.1) is 0 Å². The van der Waals surface area contributed by atoms with E-state index in [4.69, 9.17) is 4.98 Å². The zero-order valence-corrected chi connectivity index (χ0v) is 17.4. The SMILES string of the molecule is Cc1ccc(N(C)C(=O)c2ccc3c(=O)n4c(nc3c2)CCCCCC4)c(C)c1. The van der Waals surface area contributed by atoms with Crippen LogP contribution in [0, 0.1) is 13.8 Å². The van der Waals surface area contributed by atoms with Crippen LogP contribution in [0.4, 0.5) is 5.69 Å². The number of carbonyl (C=O) groups is 1. The summed E-state index contributed by atoms with van der Waals surface area (Å²) in [6.45, 7) is 4.77. The van der Waals surface area contributed by atoms with Gasteiger partial charge in [-0.2, -0.15) is 0 Å². The lowest BCUT2D eigenvalue weighted by Gasteiger charge is -2.20. The van der Waals surface area contributed by atoms with E-state index in [1.807, 2.05) is 30.5 Å². The number of amides is 1. The number of carbonyl (C=O) groups excluding carboxylic acids is 1. The second kappa shape index (κ2) is 7.82. The molecule has 0 unspecified atom stereocenters. The van der Waals surface area contributed by atoms with Gasteiger partial charge in [0.1, 0.15) is 5.82 Å². The van der Waals surface area contributed by atoms with Gasteiger partial charge in [-0.3, -0.25) is 14.2 Å². The fourth-order valence-corrected chi connectivity index (χ4v) is 4.21. The quantitative estimate of drug-likeness (QED) is 0.652. The van der Waals surface area contributed by atoms with E-state index in [0.717, 1.165) is 49.3 Å². The van der Waals surface area contributed by atoms with Gasteiger partial charge in [0.05, 0.1) is 10.9 Å². The van der Waals surface area contributed by atoms with Gasteiger partial charge in [-0.25, -0.2) is 4.98 Å². The van der Waals surface area contributed by atoms with Crippen LogP contribution in [-0.2, 0) is 13.0 Å². The van der Waals surface area contributed by atoms with Crippen molar-refractivity contribution in [2.45, 2.75) is 52.5 Å². The molecule has 0 bridgehead atoms. The summed E-state index contributed by atoms with van der Waals surface area (Å²) in [5.74, 6) is 0.738. The average Bonchev–Trinajstić information content (AvgIpc) is 2.68. The molecule has 2 heterocycles. The van der Waals surface area contributed by atoms with Crippen molar-refractivity contribution in [2.24, 2.45) is 0 Å². The standard InChI is InChI=1S/C24H27N3O2/c1-16-9-12-21(17(2)14-16)26(3)23(28)18-10-11-19-20(15-18)25-22-8-6-4-5-7-13-27(22)24(19)29/h9-12,14-15H,4-8,13H2,1-3H3. The Morgan fingerprint density at radius 1 is 1.03 bits per heavy atom. The summed E-state index contributed by atoms with van der Waals surface area (Å²) < 4.78 is 1.82. The molecule has 1 aliphatic rings. The van der Waals surface area contributed by atoms with E-state index in [1.54, 1.807) is 30.1 Å². The van der Waals surface area contributed by atoms with Gasteiger partial charge in [0.2, 0.25) is 0 Å². The van der Waals surface area contributed by atoms with Gasteiger partial charge >= 0.3 is 0 Å². The van der Waals surface area contributed by atoms with Crippen LogP contribution in [-0.4, -0.2) is 22.5 Å². The Labute approximate surface area is 171 Å². The Morgan fingerprint density at radius 3 is 2.62 bits per heavy atom. The molecule has 0 fully saturated rings. The van der Waals surface area contributed by atoms with E-state index in [1.165, 1.54) is 12.0 Å². The van der Waals surface area contributed by atoms with E-state index < -0.39 is 0 Å². The summed E-state index contributed by atoms with van der Waals surface area (Å²) in [6, 6.07) is 11.3. The van der Waals surface area contributed by atoms with Gasteiger partial charge < -0.3 is 4.90 Å². The summed E-state index contributed by atoms with van der Waals surface area (Å²) in [5.41, 5.74) is 4.27. The minimum atomic E-state index is -0.104. The summed E-state index contributed by atoms with van der Waals surface area (Å²) >= 11 is 0. The number of hydrogen-bond acceptors (Lipinski definition) is 3. The lowest BCUT2D eigenvalue weighted by atomic mass is 10.1. The molecule has 0 saturated carbocycles. The number of benzene rings is 2. The molecule has 3 aromatic rings. The first-order valence-corrected chi connectivity index (χ1v) is 10.3. The molecule has 4 rings (SSSR count). The van der Waals surface area contributed by atoms with Crippen LogP contribution in [0.1, 0.15) is 53.0 Å². The zero-order valence-electron chi connectivity index (χ0n) is 17.4. The fraction of sp³-hybridized carbons (Fsp3) is 0.375. The van der Waals surface area contributed by atoms with Crippen LogP contribution >= 0.6 is 0 Å². The number of aromatic nitrogens is 2. The molecule has 2 aromatic carbocycles. The van der Waals surface area contributed by atoms with Crippen LogP contribution in [0.2, 0.25) is 0 Å². The third-order valence-electron chi connectivity index (χ3n) is 5.83. The molecule has 1 aromatic heterocycles. The summed E-state index contributed by atoms with van der Waals surface area (Å²) in [6.07, 6.45) is 5.20. The van der Waals surface area contributed by atoms with Gasteiger partial charge in [0.15, 0.2) is 0 Å². The highest BCUT2D eigenvalue weighted by Gasteiger charge is 2.18. The van der Waals surface area contributed by atoms with E-state index in [9.17, 15) is 9.59 Å². The van der Waals surface area contributed by atoms with Crippen LogP contribution in [0.3, 0.4) is 0 Å². The van der Waals surface area contributed by atoms with Crippen molar-refractivity contribution in [3.8, 4) is 0 Å². The predicted octanol–water partition coefficient (Wildman–Crippen LogP) is 4.41. The highest BCUT2D eigenvalue weighted by Crippen LogP contribution is 2.23. The predicted molar refractivity (Wildman–Crippen MR) is 117 cm³/mol. The first-order valence-electron chi connectivity index (χ1n) is 10.3. The Balaban J connectivity index is 1.74. The molecule has 0 N–H and O–H groups in total. The van der Waals surface area contributed by atoms with Crippen LogP contribution in [0.25, 0.3) is 10.9 Å². The van der Waals surface area contributed by atoms with Crippen LogP contribution in [0.5, 0.6) is 0 Å². The molecule has 29 heavy (non-hydrogen) atoms. The molecule has 1 aliphatic heterocycles. The summed E-state index contributed by atoms with van der Waals surface area (Å²) in [7, 11) is 1.78. The number of anilines is 1. The molecule has 150 valence electrons. The Bertz CT molecular complexity index is 1150. The van der Waals surface area contributed by atoms with E-state index in [-0.39, 0.29) is 11.5 Å². The molecule has 0 saturated heterocycles. The second-order valence-corrected chi connectivity index (χ2v) is 8.04. The number of aryl methyl sites for hydroxylation is 3. The maximum atomic E-state index is 13.1. The number of fused-ring (bicyclic) bond motifs is 2. The molecule has 5 nitrogen and oxygen atoms in total. The minimum absolute atomic E-state index is 0.00799. The van der Waals surface area contributed by atoms with E-state index in [2.05, 4.69) is 6.07 Å². The second-order valence-electron chi connectivity index (χ2n) is 8.04. The number of rotatable bonds is 2. The summed E-state index contributed by atoms with van der Waals surface area (Å²) in [4.78, 5) is 32.5.